The average molecular weight is 858 g/mol. The number of imidazole rings is 2. The number of aromatic amines is 2. The lowest BCUT2D eigenvalue weighted by molar-refractivity contribution is -0.137. The molecule has 0 unspecified atom stereocenters. The Morgan fingerprint density at radius 2 is 1.49 bits per heavy atom. The fourth-order valence-electron chi connectivity index (χ4n) is 9.86. The van der Waals surface area contributed by atoms with E-state index in [0.29, 0.717) is 39.1 Å². The quantitative estimate of drug-likeness (QED) is 0.118. The highest BCUT2D eigenvalue weighted by molar-refractivity contribution is 5.88. The topological polar surface area (TPSA) is 197 Å². The number of rotatable bonds is 10. The summed E-state index contributed by atoms with van der Waals surface area (Å²) < 4.78 is 15.2. The maximum absolute atomic E-state index is 14.0. The number of pyridine rings is 1. The molecule has 0 spiro atoms. The first-order valence-electron chi connectivity index (χ1n) is 22.2. The number of alkyl carbamates (subject to hydrolysis) is 2. The van der Waals surface area contributed by atoms with Crippen LogP contribution in [0.2, 0.25) is 0 Å². The fraction of sp³-hybridized carbons (Fsp3) is 0.468. The monoisotopic (exact) mass is 857 g/mol. The number of aromatic nitrogens is 5. The van der Waals surface area contributed by atoms with E-state index < -0.39 is 24.3 Å². The summed E-state index contributed by atoms with van der Waals surface area (Å²) >= 11 is 0. The number of methoxy groups -OCH3 is 2. The molecule has 63 heavy (non-hydrogen) atoms. The minimum Gasteiger partial charge on any atom is -0.453 e. The normalized spacial score (nSPS) is 19.7. The molecular formula is C47H55N9O7. The number of carbonyl (C=O) groups is 4. The molecule has 4 atom stereocenters. The van der Waals surface area contributed by atoms with Gasteiger partial charge in [0.15, 0.2) is 0 Å². The van der Waals surface area contributed by atoms with Gasteiger partial charge in [-0.25, -0.2) is 24.5 Å². The van der Waals surface area contributed by atoms with Crippen molar-refractivity contribution in [2.45, 2.75) is 89.4 Å². The molecular weight excluding hydrogens is 803 g/mol. The van der Waals surface area contributed by atoms with Crippen molar-refractivity contribution in [3.8, 4) is 33.8 Å². The van der Waals surface area contributed by atoms with Crippen LogP contribution in [0.1, 0.15) is 87.4 Å². The van der Waals surface area contributed by atoms with Gasteiger partial charge in [0, 0.05) is 48.4 Å². The van der Waals surface area contributed by atoms with Gasteiger partial charge in [0.05, 0.1) is 60.8 Å². The minimum atomic E-state index is -0.690. The van der Waals surface area contributed by atoms with Crippen molar-refractivity contribution in [1.82, 2.24) is 45.4 Å². The summed E-state index contributed by atoms with van der Waals surface area (Å²) in [5, 5.41) is 6.54. The molecule has 4 amide bonds. The van der Waals surface area contributed by atoms with Gasteiger partial charge >= 0.3 is 12.2 Å². The molecule has 6 heterocycles. The number of hydrogen-bond acceptors (Lipinski definition) is 10. The predicted molar refractivity (Wildman–Crippen MR) is 234 cm³/mol. The van der Waals surface area contributed by atoms with E-state index in [1.54, 1.807) is 0 Å². The number of likely N-dealkylation sites (tertiary alicyclic amines) is 2. The summed E-state index contributed by atoms with van der Waals surface area (Å²) in [6.45, 7) is 6.13. The van der Waals surface area contributed by atoms with Gasteiger partial charge in [0.1, 0.15) is 23.7 Å². The Morgan fingerprint density at radius 3 is 2.24 bits per heavy atom. The van der Waals surface area contributed by atoms with E-state index in [1.165, 1.54) is 19.8 Å². The average Bonchev–Trinajstić information content (AvgIpc) is 4.16. The van der Waals surface area contributed by atoms with E-state index >= 15 is 0 Å². The molecule has 1 aliphatic carbocycles. The molecule has 16 heteroatoms. The molecule has 16 nitrogen and oxygen atoms in total. The molecule has 3 fully saturated rings. The number of aryl methyl sites for hydroxylation is 2. The summed E-state index contributed by atoms with van der Waals surface area (Å²) in [6.07, 6.45) is 6.85. The Bertz CT molecular complexity index is 2530. The Hall–Kier alpha value is -6.29. The van der Waals surface area contributed by atoms with Crippen LogP contribution in [-0.4, -0.2) is 111 Å². The van der Waals surface area contributed by atoms with Gasteiger partial charge in [-0.1, -0.05) is 38.1 Å². The van der Waals surface area contributed by atoms with Crippen LogP contribution in [0.3, 0.4) is 0 Å². The molecule has 0 saturated carbocycles. The first-order chi connectivity index (χ1) is 30.6. The van der Waals surface area contributed by atoms with Crippen LogP contribution in [-0.2, 0) is 36.6 Å². The molecule has 0 radical (unpaired) electrons. The van der Waals surface area contributed by atoms with E-state index in [9.17, 15) is 19.2 Å². The summed E-state index contributed by atoms with van der Waals surface area (Å²) in [6, 6.07) is 15.0. The van der Waals surface area contributed by atoms with Crippen molar-refractivity contribution >= 4 is 34.9 Å². The predicted octanol–water partition coefficient (Wildman–Crippen LogP) is 6.64. The second-order valence-electron chi connectivity index (χ2n) is 17.4. The van der Waals surface area contributed by atoms with Gasteiger partial charge in [0.2, 0.25) is 11.8 Å². The van der Waals surface area contributed by atoms with Crippen molar-refractivity contribution in [3.63, 3.8) is 0 Å². The highest BCUT2D eigenvalue weighted by Gasteiger charge is 2.41. The van der Waals surface area contributed by atoms with Crippen molar-refractivity contribution in [2.75, 3.05) is 40.5 Å². The number of H-pyrrole nitrogens is 2. The largest absolute Gasteiger partial charge is 0.453 e. The van der Waals surface area contributed by atoms with Crippen molar-refractivity contribution in [3.05, 3.63) is 77.6 Å². The van der Waals surface area contributed by atoms with Crippen LogP contribution in [0, 0.1) is 11.8 Å². The second-order valence-corrected chi connectivity index (χ2v) is 17.4. The highest BCUT2D eigenvalue weighted by Crippen LogP contribution is 2.39. The van der Waals surface area contributed by atoms with Crippen LogP contribution < -0.4 is 10.6 Å². The third-order valence-corrected chi connectivity index (χ3v) is 13.3. The zero-order chi connectivity index (χ0) is 43.8. The summed E-state index contributed by atoms with van der Waals surface area (Å²) in [5.74, 6) is 1.12. The van der Waals surface area contributed by atoms with E-state index in [1.807, 2.05) is 42.0 Å². The molecule has 3 aromatic heterocycles. The van der Waals surface area contributed by atoms with Crippen LogP contribution >= 0.6 is 0 Å². The standard InChI is InChI=1S/C47H55N9O7/c1-26(2)39(53-46(59)61-3)44(57)56-20-6-8-38(56)43-50-35-16-10-28-23-29(9-13-32(28)41(35)52-43)33-14-11-30-24-31(12-15-34(30)49-33)36-25-48-42(51-36)37-7-5-19-55(37)45(58)40(54-47(60)62-4)27-17-21-63-22-18-27/h9,11-15,23-27,37-40H,5-8,10,16-22H2,1-4H3,(H,48,51)(H,50,52)(H,53,59)(H,54,60)/t37-,38-,39-,40-/m0/s1. The smallest absolute Gasteiger partial charge is 0.407 e. The number of ether oxygens (including phenoxy) is 3. The van der Waals surface area contributed by atoms with E-state index in [4.69, 9.17) is 29.2 Å². The van der Waals surface area contributed by atoms with E-state index in [0.717, 1.165) is 101 Å². The Morgan fingerprint density at radius 1 is 0.778 bits per heavy atom. The number of nitrogens with one attached hydrogen (secondary N) is 4. The molecule has 4 N–H and O–H groups in total. The molecule has 3 saturated heterocycles. The molecule has 9 rings (SSSR count). The van der Waals surface area contributed by atoms with E-state index in [-0.39, 0.29) is 35.7 Å². The minimum absolute atomic E-state index is 0.0324. The van der Waals surface area contributed by atoms with Crippen molar-refractivity contribution in [1.29, 1.82) is 0 Å². The second kappa shape index (κ2) is 17.8. The lowest BCUT2D eigenvalue weighted by atomic mass is 9.90. The van der Waals surface area contributed by atoms with Gasteiger partial charge in [-0.2, -0.15) is 0 Å². The Kier molecular flexibility index (Phi) is 11.9. The number of benzene rings is 2. The molecule has 0 bridgehead atoms. The maximum atomic E-state index is 14.0. The SMILES string of the molecule is COC(=O)N[C@H](C(=O)N1CCC[C@H]1c1nc2c([nH]1)-c1ccc(-c3ccc4cc(-c5cnc([C@@H]6CCCN6C(=O)[C@@H](NC(=O)OC)C6CCOCC6)[nH]5)ccc4n3)cc1CC2)C(C)C. The third-order valence-electron chi connectivity index (χ3n) is 13.3. The van der Waals surface area contributed by atoms with Gasteiger partial charge in [0.25, 0.3) is 0 Å². The molecule has 4 aliphatic rings. The highest BCUT2D eigenvalue weighted by atomic mass is 16.5. The van der Waals surface area contributed by atoms with E-state index in [2.05, 4.69) is 57.0 Å². The molecule has 3 aliphatic heterocycles. The summed E-state index contributed by atoms with van der Waals surface area (Å²) in [7, 11) is 2.61. The number of amides is 4. The van der Waals surface area contributed by atoms with Gasteiger partial charge in [-0.05, 0) is 93.0 Å². The zero-order valence-corrected chi connectivity index (χ0v) is 36.2. The summed E-state index contributed by atoms with van der Waals surface area (Å²) in [4.78, 5) is 77.8. The third kappa shape index (κ3) is 8.35. The first-order valence-corrected chi connectivity index (χ1v) is 22.2. The molecule has 2 aromatic carbocycles. The lowest BCUT2D eigenvalue weighted by Gasteiger charge is -2.34. The lowest BCUT2D eigenvalue weighted by Crippen LogP contribution is -2.53. The number of fused-ring (bicyclic) bond motifs is 4. The summed E-state index contributed by atoms with van der Waals surface area (Å²) in [5.41, 5.74) is 8.91. The van der Waals surface area contributed by atoms with Crippen LogP contribution in [0.15, 0.2) is 54.7 Å². The van der Waals surface area contributed by atoms with Gasteiger partial charge in [-0.3, -0.25) is 9.59 Å². The maximum Gasteiger partial charge on any atom is 0.407 e. The zero-order valence-electron chi connectivity index (χ0n) is 36.2. The van der Waals surface area contributed by atoms with Crippen LogP contribution in [0.4, 0.5) is 9.59 Å². The van der Waals surface area contributed by atoms with Crippen molar-refractivity contribution in [2.24, 2.45) is 11.8 Å². The molecule has 5 aromatic rings. The van der Waals surface area contributed by atoms with Crippen LogP contribution in [0.25, 0.3) is 44.7 Å². The van der Waals surface area contributed by atoms with Crippen molar-refractivity contribution < 1.29 is 33.4 Å². The number of hydrogen-bond donors (Lipinski definition) is 4. The number of nitrogens with zero attached hydrogens (tertiary/aromatic N) is 5. The fourth-order valence-corrected chi connectivity index (χ4v) is 9.86. The van der Waals surface area contributed by atoms with Gasteiger partial charge in [-0.15, -0.1) is 0 Å². The van der Waals surface area contributed by atoms with Crippen LogP contribution in [0.5, 0.6) is 0 Å². The number of carbonyl (C=O) groups excluding carboxylic acids is 4. The Labute approximate surface area is 365 Å². The van der Waals surface area contributed by atoms with Gasteiger partial charge < -0.3 is 44.6 Å². The molecule has 330 valence electrons. The Balaban J connectivity index is 0.899. The first kappa shape index (κ1) is 42.0.